The van der Waals surface area contributed by atoms with Crippen LogP contribution in [0.1, 0.15) is 11.4 Å². The van der Waals surface area contributed by atoms with Gasteiger partial charge in [-0.1, -0.05) is 6.07 Å². The first kappa shape index (κ1) is 17.1. The first-order chi connectivity index (χ1) is 10.8. The minimum atomic E-state index is 0. The third-order valence-corrected chi connectivity index (χ3v) is 3.19. The second-order valence-electron chi connectivity index (χ2n) is 4.74. The van der Waals surface area contributed by atoms with Crippen molar-refractivity contribution in [1.82, 2.24) is 24.9 Å². The van der Waals surface area contributed by atoms with Crippen LogP contribution in [0, 0.1) is 0 Å². The number of nitrogens with two attached hydrogens (primary N) is 1. The topological polar surface area (TPSA) is 93.5 Å². The maximum Gasteiger partial charge on any atom is 0.188 e. The molecule has 0 saturated heterocycles. The van der Waals surface area contributed by atoms with Crippen molar-refractivity contribution in [3.8, 4) is 0 Å². The fourth-order valence-corrected chi connectivity index (χ4v) is 2.09. The molecule has 3 N–H and O–H groups in total. The van der Waals surface area contributed by atoms with E-state index in [4.69, 9.17) is 5.73 Å². The highest BCUT2D eigenvalue weighted by molar-refractivity contribution is 14.0. The molecule has 120 valence electrons. The fraction of sp³-hybridized carbons (Fsp3) is 0.200. The number of nitrogens with one attached hydrogen (secondary N) is 1. The van der Waals surface area contributed by atoms with E-state index in [1.54, 1.807) is 23.1 Å². The lowest BCUT2D eigenvalue weighted by Gasteiger charge is -2.06. The van der Waals surface area contributed by atoms with Crippen LogP contribution >= 0.6 is 24.0 Å². The number of hydrogen-bond donors (Lipinski definition) is 2. The van der Waals surface area contributed by atoms with Crippen molar-refractivity contribution in [2.75, 3.05) is 6.54 Å². The van der Waals surface area contributed by atoms with Crippen LogP contribution in [-0.4, -0.2) is 32.1 Å². The summed E-state index contributed by atoms with van der Waals surface area (Å²) in [6.07, 6.45) is 6.04. The van der Waals surface area contributed by atoms with E-state index in [1.165, 1.54) is 0 Å². The Balaban J connectivity index is 0.00000192. The normalized spacial score (nSPS) is 11.2. The average Bonchev–Trinajstić information content (AvgIpc) is 3.03. The van der Waals surface area contributed by atoms with Crippen molar-refractivity contribution in [3.63, 3.8) is 0 Å². The Morgan fingerprint density at radius 3 is 2.87 bits per heavy atom. The molecule has 0 fully saturated rings. The molecule has 0 spiro atoms. The molecule has 0 unspecified atom stereocenters. The number of rotatable bonds is 5. The second kappa shape index (κ2) is 8.42. The van der Waals surface area contributed by atoms with Crippen LogP contribution in [0.3, 0.4) is 0 Å². The predicted octanol–water partition coefficient (Wildman–Crippen LogP) is 1.39. The van der Waals surface area contributed by atoms with Crippen LogP contribution < -0.4 is 11.1 Å². The van der Waals surface area contributed by atoms with Gasteiger partial charge in [0.1, 0.15) is 0 Å². The average molecular weight is 423 g/mol. The van der Waals surface area contributed by atoms with E-state index in [9.17, 15) is 0 Å². The third-order valence-electron chi connectivity index (χ3n) is 3.19. The number of aliphatic imine (C=N–C) groups is 1. The molecule has 3 heterocycles. The zero-order valence-corrected chi connectivity index (χ0v) is 14.8. The van der Waals surface area contributed by atoms with E-state index in [0.717, 1.165) is 23.5 Å². The first-order valence-corrected chi connectivity index (χ1v) is 7.04. The lowest BCUT2D eigenvalue weighted by atomic mass is 10.3. The molecule has 7 nitrogen and oxygen atoms in total. The van der Waals surface area contributed by atoms with E-state index >= 15 is 0 Å². The summed E-state index contributed by atoms with van der Waals surface area (Å²) >= 11 is 0. The van der Waals surface area contributed by atoms with Gasteiger partial charge < -0.3 is 11.1 Å². The first-order valence-electron chi connectivity index (χ1n) is 7.04. The standard InChI is InChI=1S/C15H17N7.HI/c16-15(19-8-4-12-3-1-2-7-17-12)20-11-13-5-9-18-14-6-10-21-22(13)14;/h1-3,5-7,9-10H,4,8,11H2,(H3,16,19,20);1H. The Labute approximate surface area is 151 Å². The molecule has 0 amide bonds. The van der Waals surface area contributed by atoms with Crippen LogP contribution in [-0.2, 0) is 13.0 Å². The van der Waals surface area contributed by atoms with Gasteiger partial charge in [-0.2, -0.15) is 5.10 Å². The Bertz CT molecular complexity index is 770. The fourth-order valence-electron chi connectivity index (χ4n) is 2.09. The van der Waals surface area contributed by atoms with Crippen molar-refractivity contribution in [2.45, 2.75) is 13.0 Å². The molecule has 3 aromatic heterocycles. The summed E-state index contributed by atoms with van der Waals surface area (Å²) in [5.41, 5.74) is 8.64. The van der Waals surface area contributed by atoms with Crippen molar-refractivity contribution in [2.24, 2.45) is 10.7 Å². The maximum absolute atomic E-state index is 5.88. The molecule has 0 aliphatic carbocycles. The number of halogens is 1. The van der Waals surface area contributed by atoms with E-state index < -0.39 is 0 Å². The summed E-state index contributed by atoms with van der Waals surface area (Å²) in [5, 5.41) is 7.30. The number of pyridine rings is 1. The molecule has 0 radical (unpaired) electrons. The van der Waals surface area contributed by atoms with Gasteiger partial charge in [0, 0.05) is 37.1 Å². The number of hydrogen-bond acceptors (Lipinski definition) is 4. The maximum atomic E-state index is 5.88. The molecule has 0 aromatic carbocycles. The highest BCUT2D eigenvalue weighted by Gasteiger charge is 2.01. The lowest BCUT2D eigenvalue weighted by Crippen LogP contribution is -2.33. The Kier molecular flexibility index (Phi) is 6.27. The van der Waals surface area contributed by atoms with Crippen LogP contribution in [0.15, 0.2) is 53.9 Å². The summed E-state index contributed by atoms with van der Waals surface area (Å²) in [7, 11) is 0. The SMILES string of the molecule is I.NC(=NCc1ccnc2ccnn12)NCCc1ccccn1. The number of guanidine groups is 1. The number of fused-ring (bicyclic) bond motifs is 1. The predicted molar refractivity (Wildman–Crippen MR) is 99.7 cm³/mol. The summed E-state index contributed by atoms with van der Waals surface area (Å²) in [6.45, 7) is 1.14. The van der Waals surface area contributed by atoms with Crippen molar-refractivity contribution >= 4 is 35.6 Å². The van der Waals surface area contributed by atoms with Crippen molar-refractivity contribution in [3.05, 3.63) is 60.3 Å². The molecular formula is C15H18IN7. The zero-order chi connectivity index (χ0) is 15.2. The molecular weight excluding hydrogens is 405 g/mol. The van der Waals surface area contributed by atoms with Gasteiger partial charge >= 0.3 is 0 Å². The van der Waals surface area contributed by atoms with Gasteiger partial charge in [-0.05, 0) is 18.2 Å². The summed E-state index contributed by atoms with van der Waals surface area (Å²) in [6, 6.07) is 9.59. The molecule has 23 heavy (non-hydrogen) atoms. The molecule has 0 bridgehead atoms. The molecule has 3 aromatic rings. The lowest BCUT2D eigenvalue weighted by molar-refractivity contribution is 0.807. The molecule has 0 aliphatic rings. The van der Waals surface area contributed by atoms with Gasteiger partial charge in [-0.15, -0.1) is 24.0 Å². The second-order valence-corrected chi connectivity index (χ2v) is 4.74. The quantitative estimate of drug-likeness (QED) is 0.368. The highest BCUT2D eigenvalue weighted by Crippen LogP contribution is 2.04. The minimum Gasteiger partial charge on any atom is -0.370 e. The minimum absolute atomic E-state index is 0. The molecule has 8 heteroatoms. The summed E-state index contributed by atoms with van der Waals surface area (Å²) in [5.74, 6) is 0.410. The number of aromatic nitrogens is 4. The van der Waals surface area contributed by atoms with Gasteiger partial charge in [0.05, 0.1) is 18.4 Å². The Hall–Kier alpha value is -2.23. The van der Waals surface area contributed by atoms with Gasteiger partial charge in [-0.3, -0.25) is 4.98 Å². The van der Waals surface area contributed by atoms with E-state index in [0.29, 0.717) is 19.0 Å². The van der Waals surface area contributed by atoms with Gasteiger partial charge in [0.2, 0.25) is 0 Å². The molecule has 0 aliphatic heterocycles. The molecule has 0 saturated carbocycles. The number of nitrogens with zero attached hydrogens (tertiary/aromatic N) is 5. The van der Waals surface area contributed by atoms with Gasteiger partial charge in [-0.25, -0.2) is 14.5 Å². The third kappa shape index (κ3) is 4.62. The van der Waals surface area contributed by atoms with Gasteiger partial charge in [0.25, 0.3) is 0 Å². The van der Waals surface area contributed by atoms with E-state index in [1.807, 2.05) is 30.3 Å². The largest absolute Gasteiger partial charge is 0.370 e. The van der Waals surface area contributed by atoms with Crippen molar-refractivity contribution < 1.29 is 0 Å². The smallest absolute Gasteiger partial charge is 0.188 e. The van der Waals surface area contributed by atoms with Crippen LogP contribution in [0.5, 0.6) is 0 Å². The van der Waals surface area contributed by atoms with E-state index in [2.05, 4.69) is 25.4 Å². The van der Waals surface area contributed by atoms with Crippen LogP contribution in [0.25, 0.3) is 5.65 Å². The molecule has 3 rings (SSSR count). The van der Waals surface area contributed by atoms with E-state index in [-0.39, 0.29) is 24.0 Å². The summed E-state index contributed by atoms with van der Waals surface area (Å²) < 4.78 is 1.75. The summed E-state index contributed by atoms with van der Waals surface area (Å²) in [4.78, 5) is 12.8. The van der Waals surface area contributed by atoms with Crippen LogP contribution in [0.2, 0.25) is 0 Å². The van der Waals surface area contributed by atoms with Gasteiger partial charge in [0.15, 0.2) is 11.6 Å². The van der Waals surface area contributed by atoms with Crippen LogP contribution in [0.4, 0.5) is 0 Å². The molecule has 0 atom stereocenters. The highest BCUT2D eigenvalue weighted by atomic mass is 127. The zero-order valence-electron chi connectivity index (χ0n) is 12.5. The van der Waals surface area contributed by atoms with Crippen molar-refractivity contribution in [1.29, 1.82) is 0 Å². The Morgan fingerprint density at radius 1 is 1.13 bits per heavy atom. The Morgan fingerprint density at radius 2 is 2.04 bits per heavy atom. The monoisotopic (exact) mass is 423 g/mol.